The number of carbonyl (C=O) groups excluding carboxylic acids is 1. The Morgan fingerprint density at radius 3 is 2.00 bits per heavy atom. The first-order chi connectivity index (χ1) is 9.85. The zero-order valence-corrected chi connectivity index (χ0v) is 13.2. The highest BCUT2D eigenvalue weighted by Crippen LogP contribution is 2.23. The summed E-state index contributed by atoms with van der Waals surface area (Å²) in [5.41, 5.74) is 5.60. The summed E-state index contributed by atoms with van der Waals surface area (Å²) in [6, 6.07) is 2.85. The number of pyridine rings is 2. The van der Waals surface area contributed by atoms with Crippen LogP contribution < -0.4 is 5.73 Å². The first-order valence-electron chi connectivity index (χ1n) is 5.14. The van der Waals surface area contributed by atoms with E-state index in [-0.39, 0.29) is 20.9 Å². The van der Waals surface area contributed by atoms with Gasteiger partial charge in [-0.2, -0.15) is 0 Å². The Morgan fingerprint density at radius 1 is 1.05 bits per heavy atom. The van der Waals surface area contributed by atoms with Crippen molar-refractivity contribution >= 4 is 58.0 Å². The summed E-state index contributed by atoms with van der Waals surface area (Å²) in [4.78, 5) is 21.0. The van der Waals surface area contributed by atoms with Crippen LogP contribution in [0.3, 0.4) is 0 Å². The average Bonchev–Trinajstić information content (AvgIpc) is 2.45. The zero-order valence-electron chi connectivity index (χ0n) is 10.1. The van der Waals surface area contributed by atoms with E-state index in [4.69, 9.17) is 58.7 Å². The summed E-state index contributed by atoms with van der Waals surface area (Å²) in [6.45, 7) is 6.59. The molecule has 0 aliphatic heterocycles. The highest BCUT2D eigenvalue weighted by molar-refractivity contribution is 6.41. The van der Waals surface area contributed by atoms with Crippen molar-refractivity contribution in [2.24, 2.45) is 5.73 Å². The minimum absolute atomic E-state index is 0.164. The van der Waals surface area contributed by atoms with Crippen molar-refractivity contribution in [3.63, 3.8) is 0 Å². The molecule has 2 aromatic heterocycles. The third-order valence-corrected chi connectivity index (χ3v) is 3.36. The van der Waals surface area contributed by atoms with E-state index in [0.29, 0.717) is 10.7 Å². The SMILES string of the molecule is NC(=O)c1cnc(Cl)c(Cl)c1.[C-]#[N+]c1cnc(Cl)c(Cl)c1. The number of nitrogens with zero attached hydrogens (tertiary/aromatic N) is 3. The van der Waals surface area contributed by atoms with Crippen molar-refractivity contribution in [3.8, 4) is 0 Å². The van der Waals surface area contributed by atoms with Crippen molar-refractivity contribution in [1.29, 1.82) is 0 Å². The molecule has 0 atom stereocenters. The lowest BCUT2D eigenvalue weighted by molar-refractivity contribution is 0.1000. The van der Waals surface area contributed by atoms with E-state index in [1.54, 1.807) is 0 Å². The molecular formula is C12H6Cl4N4O. The van der Waals surface area contributed by atoms with E-state index in [9.17, 15) is 4.79 Å². The lowest BCUT2D eigenvalue weighted by atomic mass is 10.3. The Bertz CT molecular complexity index is 715. The minimum atomic E-state index is -0.573. The zero-order chi connectivity index (χ0) is 16.0. The van der Waals surface area contributed by atoms with Gasteiger partial charge in [-0.25, -0.2) is 9.83 Å². The van der Waals surface area contributed by atoms with E-state index in [1.165, 1.54) is 24.5 Å². The molecule has 0 radical (unpaired) electrons. The fourth-order valence-corrected chi connectivity index (χ4v) is 1.56. The first-order valence-corrected chi connectivity index (χ1v) is 6.65. The fourth-order valence-electron chi connectivity index (χ4n) is 1.03. The Kier molecular flexibility index (Phi) is 6.66. The van der Waals surface area contributed by atoms with E-state index in [1.807, 2.05) is 0 Å². The number of halogens is 4. The first kappa shape index (κ1) is 17.5. The van der Waals surface area contributed by atoms with Crippen LogP contribution in [0.2, 0.25) is 20.4 Å². The smallest absolute Gasteiger partial charge is 0.250 e. The van der Waals surface area contributed by atoms with Gasteiger partial charge in [0.1, 0.15) is 10.3 Å². The lowest BCUT2D eigenvalue weighted by Gasteiger charge is -1.96. The second-order valence-electron chi connectivity index (χ2n) is 3.44. The number of primary amides is 1. The van der Waals surface area contributed by atoms with Gasteiger partial charge < -0.3 is 5.73 Å². The van der Waals surface area contributed by atoms with Crippen molar-refractivity contribution < 1.29 is 4.79 Å². The van der Waals surface area contributed by atoms with Gasteiger partial charge in [0.05, 0.1) is 22.2 Å². The number of aromatic nitrogens is 2. The van der Waals surface area contributed by atoms with Crippen LogP contribution in [-0.4, -0.2) is 15.9 Å². The number of nitrogens with two attached hydrogens (primary N) is 1. The predicted molar refractivity (Wildman–Crippen MR) is 83.3 cm³/mol. The molecule has 0 fully saturated rings. The quantitative estimate of drug-likeness (QED) is 0.601. The van der Waals surface area contributed by atoms with Crippen LogP contribution in [0.5, 0.6) is 0 Å². The second kappa shape index (κ2) is 8.01. The van der Waals surface area contributed by atoms with E-state index >= 15 is 0 Å². The Balaban J connectivity index is 0.000000211. The molecule has 0 aliphatic carbocycles. The molecule has 2 N–H and O–H groups in total. The molecule has 21 heavy (non-hydrogen) atoms. The standard InChI is InChI=1S/C6H4Cl2N2O.C6H2Cl2N2/c7-4-1-3(6(9)11)2-10-5(4)8;1-9-4-2-5(7)6(8)10-3-4/h1-2H,(H2,9,11);2-3H. The summed E-state index contributed by atoms with van der Waals surface area (Å²) in [7, 11) is 0. The highest BCUT2D eigenvalue weighted by Gasteiger charge is 2.04. The van der Waals surface area contributed by atoms with Crippen LogP contribution in [0.1, 0.15) is 10.4 Å². The van der Waals surface area contributed by atoms with Gasteiger partial charge in [0.2, 0.25) is 11.6 Å². The van der Waals surface area contributed by atoms with Crippen molar-refractivity contribution in [1.82, 2.24) is 9.97 Å². The van der Waals surface area contributed by atoms with Gasteiger partial charge in [-0.15, -0.1) is 0 Å². The maximum Gasteiger partial charge on any atom is 0.250 e. The normalized spacial score (nSPS) is 9.29. The molecule has 0 aromatic carbocycles. The van der Waals surface area contributed by atoms with Gasteiger partial charge in [0, 0.05) is 12.4 Å². The highest BCUT2D eigenvalue weighted by atomic mass is 35.5. The van der Waals surface area contributed by atoms with Crippen LogP contribution in [0.4, 0.5) is 5.69 Å². The molecular weight excluding hydrogens is 358 g/mol. The van der Waals surface area contributed by atoms with Gasteiger partial charge in [-0.3, -0.25) is 9.78 Å². The number of hydrogen-bond donors (Lipinski definition) is 1. The van der Waals surface area contributed by atoms with E-state index < -0.39 is 5.91 Å². The van der Waals surface area contributed by atoms with Gasteiger partial charge in [-0.05, 0) is 12.1 Å². The number of rotatable bonds is 1. The Labute approximate surface area is 140 Å². The van der Waals surface area contributed by atoms with Crippen LogP contribution in [0.15, 0.2) is 24.5 Å². The number of hydrogen-bond acceptors (Lipinski definition) is 3. The Hall–Kier alpha value is -1.58. The maximum absolute atomic E-state index is 10.5. The molecule has 1 amide bonds. The van der Waals surface area contributed by atoms with Crippen LogP contribution in [-0.2, 0) is 0 Å². The van der Waals surface area contributed by atoms with Gasteiger partial charge in [0.25, 0.3) is 0 Å². The third-order valence-electron chi connectivity index (χ3n) is 1.99. The summed E-state index contributed by atoms with van der Waals surface area (Å²) in [5.74, 6) is -0.573. The summed E-state index contributed by atoms with van der Waals surface area (Å²) >= 11 is 22.1. The predicted octanol–water partition coefficient (Wildman–Crippen LogP) is 4.43. The van der Waals surface area contributed by atoms with Crippen LogP contribution >= 0.6 is 46.4 Å². The molecule has 2 aromatic rings. The molecule has 0 saturated carbocycles. The van der Waals surface area contributed by atoms with Gasteiger partial charge in [-0.1, -0.05) is 46.4 Å². The summed E-state index contributed by atoms with van der Waals surface area (Å²) in [5, 5.41) is 0.934. The minimum Gasteiger partial charge on any atom is -0.366 e. The van der Waals surface area contributed by atoms with Gasteiger partial charge in [0.15, 0.2) is 0 Å². The van der Waals surface area contributed by atoms with E-state index in [2.05, 4.69) is 14.8 Å². The maximum atomic E-state index is 10.5. The molecule has 108 valence electrons. The topological polar surface area (TPSA) is 73.2 Å². The molecule has 0 saturated heterocycles. The largest absolute Gasteiger partial charge is 0.366 e. The molecule has 9 heteroatoms. The second-order valence-corrected chi connectivity index (χ2v) is 4.97. The van der Waals surface area contributed by atoms with Crippen molar-refractivity contribution in [3.05, 3.63) is 61.9 Å². The monoisotopic (exact) mass is 362 g/mol. The third kappa shape index (κ3) is 5.37. The van der Waals surface area contributed by atoms with Gasteiger partial charge >= 0.3 is 0 Å². The van der Waals surface area contributed by atoms with E-state index in [0.717, 1.165) is 0 Å². The molecule has 0 bridgehead atoms. The summed E-state index contributed by atoms with van der Waals surface area (Å²) in [6.07, 6.45) is 2.65. The summed E-state index contributed by atoms with van der Waals surface area (Å²) < 4.78 is 0. The molecule has 2 heterocycles. The molecule has 0 unspecified atom stereocenters. The molecule has 2 rings (SSSR count). The molecule has 0 aliphatic rings. The molecule has 5 nitrogen and oxygen atoms in total. The van der Waals surface area contributed by atoms with Crippen molar-refractivity contribution in [2.45, 2.75) is 0 Å². The average molecular weight is 364 g/mol. The van der Waals surface area contributed by atoms with Crippen LogP contribution in [0, 0.1) is 6.57 Å². The molecule has 0 spiro atoms. The lowest BCUT2D eigenvalue weighted by Crippen LogP contribution is -2.11. The number of carbonyl (C=O) groups is 1. The number of amides is 1. The van der Waals surface area contributed by atoms with Crippen molar-refractivity contribution in [2.75, 3.05) is 0 Å². The van der Waals surface area contributed by atoms with Crippen LogP contribution in [0.25, 0.3) is 4.85 Å². The fraction of sp³-hybridized carbons (Fsp3) is 0. The Morgan fingerprint density at radius 2 is 1.57 bits per heavy atom.